The number of benzene rings is 1. The Morgan fingerprint density at radius 1 is 1.30 bits per heavy atom. The minimum atomic E-state index is -1.25. The summed E-state index contributed by atoms with van der Waals surface area (Å²) in [7, 11) is 0. The standard InChI is InChI=1S/C15H23N3O5/c1-15(2,3)23-14(22)17-8-11(19)12(20)9-5-4-6-10(7-9)18-13(16)21/h4-7,11-12,19-20H,8H2,1-3H3,(H,17,22)(H3,16,18,21). The maximum absolute atomic E-state index is 11.5. The number of nitrogens with one attached hydrogen (secondary N) is 2. The van der Waals surface area contributed by atoms with Crippen molar-refractivity contribution in [2.24, 2.45) is 5.73 Å². The van der Waals surface area contributed by atoms with Crippen molar-refractivity contribution in [2.45, 2.75) is 38.6 Å². The van der Waals surface area contributed by atoms with Gasteiger partial charge in [0, 0.05) is 12.2 Å². The average Bonchev–Trinajstić information content (AvgIpc) is 2.41. The molecular formula is C15H23N3O5. The molecule has 0 fully saturated rings. The number of aliphatic hydroxyl groups excluding tert-OH is 2. The van der Waals surface area contributed by atoms with Crippen LogP contribution in [-0.4, -0.2) is 40.6 Å². The molecular weight excluding hydrogens is 302 g/mol. The van der Waals surface area contributed by atoms with Gasteiger partial charge < -0.3 is 31.3 Å². The lowest BCUT2D eigenvalue weighted by atomic mass is 10.0. The summed E-state index contributed by atoms with van der Waals surface area (Å²) >= 11 is 0. The Labute approximate surface area is 134 Å². The molecule has 128 valence electrons. The van der Waals surface area contributed by atoms with Crippen molar-refractivity contribution >= 4 is 17.8 Å². The Hall–Kier alpha value is -2.32. The fraction of sp³-hybridized carbons (Fsp3) is 0.467. The highest BCUT2D eigenvalue weighted by Crippen LogP contribution is 2.20. The van der Waals surface area contributed by atoms with Crippen LogP contribution in [0.1, 0.15) is 32.4 Å². The normalized spacial score (nSPS) is 13.8. The molecule has 0 bridgehead atoms. The van der Waals surface area contributed by atoms with E-state index in [0.29, 0.717) is 11.3 Å². The molecule has 0 saturated carbocycles. The van der Waals surface area contributed by atoms with Crippen LogP contribution < -0.4 is 16.4 Å². The summed E-state index contributed by atoms with van der Waals surface area (Å²) in [6.45, 7) is 4.96. The Balaban J connectivity index is 2.61. The lowest BCUT2D eigenvalue weighted by Crippen LogP contribution is -2.38. The third-order valence-corrected chi connectivity index (χ3v) is 2.71. The number of amides is 3. The van der Waals surface area contributed by atoms with E-state index in [2.05, 4.69) is 10.6 Å². The Kier molecular flexibility index (Phi) is 6.35. The number of hydrogen-bond donors (Lipinski definition) is 5. The van der Waals surface area contributed by atoms with Crippen LogP contribution in [0, 0.1) is 0 Å². The van der Waals surface area contributed by atoms with Gasteiger partial charge in [-0.2, -0.15) is 0 Å². The first-order valence-corrected chi connectivity index (χ1v) is 7.08. The fourth-order valence-electron chi connectivity index (χ4n) is 1.78. The third kappa shape index (κ3) is 6.98. The Morgan fingerprint density at radius 2 is 1.96 bits per heavy atom. The summed E-state index contributed by atoms with van der Waals surface area (Å²) in [5, 5.41) is 24.8. The van der Waals surface area contributed by atoms with E-state index in [4.69, 9.17) is 10.5 Å². The summed E-state index contributed by atoms with van der Waals surface area (Å²) in [5.74, 6) is 0. The molecule has 1 aromatic carbocycles. The van der Waals surface area contributed by atoms with E-state index in [1.54, 1.807) is 39.0 Å². The van der Waals surface area contributed by atoms with Crippen molar-refractivity contribution in [3.8, 4) is 0 Å². The second-order valence-electron chi connectivity index (χ2n) is 6.01. The number of hydrogen-bond acceptors (Lipinski definition) is 5. The van der Waals surface area contributed by atoms with Crippen LogP contribution in [0.25, 0.3) is 0 Å². The van der Waals surface area contributed by atoms with E-state index in [0.717, 1.165) is 0 Å². The first-order chi connectivity index (χ1) is 10.6. The van der Waals surface area contributed by atoms with E-state index >= 15 is 0 Å². The number of urea groups is 1. The van der Waals surface area contributed by atoms with Crippen LogP contribution in [0.5, 0.6) is 0 Å². The quantitative estimate of drug-likeness (QED) is 0.552. The Bertz CT molecular complexity index is 556. The lowest BCUT2D eigenvalue weighted by molar-refractivity contribution is 0.0129. The second-order valence-corrected chi connectivity index (χ2v) is 6.01. The zero-order valence-electron chi connectivity index (χ0n) is 13.4. The van der Waals surface area contributed by atoms with Gasteiger partial charge in [-0.15, -0.1) is 0 Å². The van der Waals surface area contributed by atoms with E-state index in [1.165, 1.54) is 6.07 Å². The molecule has 0 radical (unpaired) electrons. The molecule has 2 unspecified atom stereocenters. The van der Waals surface area contributed by atoms with Gasteiger partial charge in [0.25, 0.3) is 0 Å². The molecule has 0 aromatic heterocycles. The highest BCUT2D eigenvalue weighted by molar-refractivity contribution is 5.87. The maximum Gasteiger partial charge on any atom is 0.407 e. The third-order valence-electron chi connectivity index (χ3n) is 2.71. The molecule has 23 heavy (non-hydrogen) atoms. The van der Waals surface area contributed by atoms with Gasteiger partial charge in [0.1, 0.15) is 17.8 Å². The first kappa shape index (κ1) is 18.7. The molecule has 3 amide bonds. The van der Waals surface area contributed by atoms with Crippen LogP contribution in [0.4, 0.5) is 15.3 Å². The number of carbonyl (C=O) groups is 2. The predicted molar refractivity (Wildman–Crippen MR) is 84.9 cm³/mol. The van der Waals surface area contributed by atoms with Gasteiger partial charge in [-0.25, -0.2) is 9.59 Å². The zero-order valence-corrected chi connectivity index (χ0v) is 13.4. The minimum Gasteiger partial charge on any atom is -0.444 e. The van der Waals surface area contributed by atoms with E-state index in [1.807, 2.05) is 0 Å². The van der Waals surface area contributed by atoms with Crippen LogP contribution in [0.15, 0.2) is 24.3 Å². The van der Waals surface area contributed by atoms with Crippen molar-refractivity contribution in [1.29, 1.82) is 0 Å². The summed E-state index contributed by atoms with van der Waals surface area (Å²) in [5.41, 5.74) is 5.13. The maximum atomic E-state index is 11.5. The van der Waals surface area contributed by atoms with E-state index in [-0.39, 0.29) is 6.54 Å². The van der Waals surface area contributed by atoms with Gasteiger partial charge in [0.15, 0.2) is 0 Å². The molecule has 0 spiro atoms. The minimum absolute atomic E-state index is 0.191. The number of carbonyl (C=O) groups excluding carboxylic acids is 2. The predicted octanol–water partition coefficient (Wildman–Crippen LogP) is 1.10. The number of primary amides is 1. The highest BCUT2D eigenvalue weighted by Gasteiger charge is 2.21. The van der Waals surface area contributed by atoms with Crippen LogP contribution in [-0.2, 0) is 4.74 Å². The van der Waals surface area contributed by atoms with Gasteiger partial charge in [-0.1, -0.05) is 12.1 Å². The van der Waals surface area contributed by atoms with Crippen molar-refractivity contribution in [3.63, 3.8) is 0 Å². The summed E-state index contributed by atoms with van der Waals surface area (Å²) in [6, 6.07) is 5.51. The van der Waals surface area contributed by atoms with E-state index in [9.17, 15) is 19.8 Å². The molecule has 0 aliphatic heterocycles. The summed E-state index contributed by atoms with van der Waals surface area (Å²) < 4.78 is 5.03. The molecule has 8 heteroatoms. The number of anilines is 1. The number of ether oxygens (including phenoxy) is 1. The van der Waals surface area contributed by atoms with E-state index < -0.39 is 29.9 Å². The van der Waals surface area contributed by atoms with Gasteiger partial charge >= 0.3 is 12.1 Å². The van der Waals surface area contributed by atoms with Gasteiger partial charge in [-0.3, -0.25) is 0 Å². The number of alkyl carbamates (subject to hydrolysis) is 1. The van der Waals surface area contributed by atoms with Crippen molar-refractivity contribution in [3.05, 3.63) is 29.8 Å². The topological polar surface area (TPSA) is 134 Å². The monoisotopic (exact) mass is 325 g/mol. The van der Waals surface area contributed by atoms with Crippen LogP contribution in [0.3, 0.4) is 0 Å². The largest absolute Gasteiger partial charge is 0.444 e. The second kappa shape index (κ2) is 7.80. The first-order valence-electron chi connectivity index (χ1n) is 7.08. The summed E-state index contributed by atoms with van der Waals surface area (Å²) in [4.78, 5) is 22.3. The Morgan fingerprint density at radius 3 is 2.52 bits per heavy atom. The van der Waals surface area contributed by atoms with Crippen LogP contribution in [0.2, 0.25) is 0 Å². The smallest absolute Gasteiger partial charge is 0.407 e. The number of aliphatic hydroxyl groups is 2. The SMILES string of the molecule is CC(C)(C)OC(=O)NCC(O)C(O)c1cccc(NC(N)=O)c1. The van der Waals surface area contributed by atoms with Gasteiger partial charge in [0.2, 0.25) is 0 Å². The van der Waals surface area contributed by atoms with Crippen molar-refractivity contribution in [2.75, 3.05) is 11.9 Å². The zero-order chi connectivity index (χ0) is 17.6. The molecule has 0 saturated heterocycles. The van der Waals surface area contributed by atoms with Crippen LogP contribution >= 0.6 is 0 Å². The molecule has 0 heterocycles. The molecule has 2 atom stereocenters. The van der Waals surface area contributed by atoms with Gasteiger partial charge in [0.05, 0.1) is 0 Å². The van der Waals surface area contributed by atoms with Crippen molar-refractivity contribution in [1.82, 2.24) is 5.32 Å². The fourth-order valence-corrected chi connectivity index (χ4v) is 1.78. The molecule has 0 aliphatic rings. The molecule has 0 aliphatic carbocycles. The number of rotatable bonds is 5. The van der Waals surface area contributed by atoms with Crippen molar-refractivity contribution < 1.29 is 24.5 Å². The van der Waals surface area contributed by atoms with Gasteiger partial charge in [-0.05, 0) is 38.5 Å². The highest BCUT2D eigenvalue weighted by atomic mass is 16.6. The lowest BCUT2D eigenvalue weighted by Gasteiger charge is -2.22. The molecule has 1 aromatic rings. The average molecular weight is 325 g/mol. The summed E-state index contributed by atoms with van der Waals surface area (Å²) in [6.07, 6.45) is -3.18. The molecule has 6 N–H and O–H groups in total. The molecule has 8 nitrogen and oxygen atoms in total. The number of nitrogens with two attached hydrogens (primary N) is 1. The molecule has 1 rings (SSSR count).